The molecule has 108 valence electrons. The second kappa shape index (κ2) is 6.61. The smallest absolute Gasteiger partial charge is 0.323 e. The standard InChI is InChI=1S/C15H11Cl2NO3/c16-11-6-10(7-12(17)8-11)15(21)18(9-14(19)20)13-4-2-1-3-5-13/h1-8H,9H2,(H,19,20). The van der Waals surface area contributed by atoms with Crippen LogP contribution in [0.4, 0.5) is 5.69 Å². The first-order valence-electron chi connectivity index (χ1n) is 6.02. The average molecular weight is 324 g/mol. The van der Waals surface area contributed by atoms with E-state index in [4.69, 9.17) is 28.3 Å². The summed E-state index contributed by atoms with van der Waals surface area (Å²) in [6.07, 6.45) is 0. The van der Waals surface area contributed by atoms with Crippen LogP contribution in [0.5, 0.6) is 0 Å². The third kappa shape index (κ3) is 3.97. The molecule has 0 aliphatic heterocycles. The molecule has 0 saturated heterocycles. The molecule has 0 heterocycles. The van der Waals surface area contributed by atoms with Gasteiger partial charge in [-0.25, -0.2) is 0 Å². The van der Waals surface area contributed by atoms with Crippen LogP contribution in [0.1, 0.15) is 10.4 Å². The highest BCUT2D eigenvalue weighted by atomic mass is 35.5. The van der Waals surface area contributed by atoms with Crippen molar-refractivity contribution < 1.29 is 14.7 Å². The Labute approximate surface area is 131 Å². The lowest BCUT2D eigenvalue weighted by atomic mass is 10.1. The Kier molecular flexibility index (Phi) is 4.83. The molecule has 1 N–H and O–H groups in total. The topological polar surface area (TPSA) is 57.6 Å². The molecule has 2 aromatic carbocycles. The molecule has 2 aromatic rings. The van der Waals surface area contributed by atoms with Crippen molar-refractivity contribution in [2.24, 2.45) is 0 Å². The van der Waals surface area contributed by atoms with Gasteiger partial charge in [-0.05, 0) is 30.3 Å². The highest BCUT2D eigenvalue weighted by molar-refractivity contribution is 6.35. The molecule has 0 unspecified atom stereocenters. The van der Waals surface area contributed by atoms with Gasteiger partial charge in [0, 0.05) is 21.3 Å². The number of hydrogen-bond acceptors (Lipinski definition) is 2. The van der Waals surface area contributed by atoms with Crippen molar-refractivity contribution in [2.45, 2.75) is 0 Å². The molecular formula is C15H11Cl2NO3. The van der Waals surface area contributed by atoms with Crippen molar-refractivity contribution in [3.8, 4) is 0 Å². The molecule has 21 heavy (non-hydrogen) atoms. The highest BCUT2D eigenvalue weighted by Gasteiger charge is 2.21. The van der Waals surface area contributed by atoms with Gasteiger partial charge in [-0.15, -0.1) is 0 Å². The normalized spacial score (nSPS) is 10.2. The van der Waals surface area contributed by atoms with Crippen molar-refractivity contribution in [1.29, 1.82) is 0 Å². The maximum atomic E-state index is 12.5. The minimum atomic E-state index is -1.11. The average Bonchev–Trinajstić information content (AvgIpc) is 2.44. The van der Waals surface area contributed by atoms with E-state index < -0.39 is 18.4 Å². The lowest BCUT2D eigenvalue weighted by molar-refractivity contribution is -0.135. The maximum Gasteiger partial charge on any atom is 0.323 e. The van der Waals surface area contributed by atoms with Gasteiger partial charge < -0.3 is 5.11 Å². The molecule has 6 heteroatoms. The first kappa shape index (κ1) is 15.4. The summed E-state index contributed by atoms with van der Waals surface area (Å²) in [5.74, 6) is -1.59. The van der Waals surface area contributed by atoms with Crippen LogP contribution >= 0.6 is 23.2 Å². The van der Waals surface area contributed by atoms with E-state index in [-0.39, 0.29) is 5.56 Å². The predicted molar refractivity (Wildman–Crippen MR) is 82.2 cm³/mol. The van der Waals surface area contributed by atoms with E-state index in [1.807, 2.05) is 0 Å². The largest absolute Gasteiger partial charge is 0.480 e. The van der Waals surface area contributed by atoms with E-state index in [0.717, 1.165) is 4.90 Å². The molecule has 0 aromatic heterocycles. The lowest BCUT2D eigenvalue weighted by Gasteiger charge is -2.21. The molecular weight excluding hydrogens is 313 g/mol. The number of hydrogen-bond donors (Lipinski definition) is 1. The van der Waals surface area contributed by atoms with Crippen molar-refractivity contribution in [2.75, 3.05) is 11.4 Å². The molecule has 0 aliphatic rings. The molecule has 0 spiro atoms. The van der Waals surface area contributed by atoms with E-state index in [1.165, 1.54) is 18.2 Å². The van der Waals surface area contributed by atoms with E-state index in [9.17, 15) is 9.59 Å². The zero-order valence-corrected chi connectivity index (χ0v) is 12.3. The number of amides is 1. The number of rotatable bonds is 4. The van der Waals surface area contributed by atoms with E-state index in [2.05, 4.69) is 0 Å². The van der Waals surface area contributed by atoms with Crippen molar-refractivity contribution in [3.05, 3.63) is 64.1 Å². The van der Waals surface area contributed by atoms with Crippen LogP contribution in [0.3, 0.4) is 0 Å². The number of carboxylic acids is 1. The van der Waals surface area contributed by atoms with Crippen LogP contribution in [-0.2, 0) is 4.79 Å². The van der Waals surface area contributed by atoms with E-state index in [0.29, 0.717) is 15.7 Å². The minimum Gasteiger partial charge on any atom is -0.480 e. The number of anilines is 1. The number of halogens is 2. The minimum absolute atomic E-state index is 0.234. The van der Waals surface area contributed by atoms with Gasteiger partial charge in [0.25, 0.3) is 5.91 Å². The zero-order valence-electron chi connectivity index (χ0n) is 10.8. The van der Waals surface area contributed by atoms with Crippen LogP contribution in [0.25, 0.3) is 0 Å². The van der Waals surface area contributed by atoms with Gasteiger partial charge in [-0.3, -0.25) is 14.5 Å². The van der Waals surface area contributed by atoms with Gasteiger partial charge >= 0.3 is 5.97 Å². The van der Waals surface area contributed by atoms with Crippen LogP contribution in [0.15, 0.2) is 48.5 Å². The second-order valence-corrected chi connectivity index (χ2v) is 5.15. The van der Waals surface area contributed by atoms with E-state index >= 15 is 0 Å². The third-order valence-corrected chi connectivity index (χ3v) is 3.15. The molecule has 1 amide bonds. The Bertz CT molecular complexity index is 654. The second-order valence-electron chi connectivity index (χ2n) is 4.28. The highest BCUT2D eigenvalue weighted by Crippen LogP contribution is 2.22. The first-order chi connectivity index (χ1) is 9.97. The fourth-order valence-electron chi connectivity index (χ4n) is 1.86. The predicted octanol–water partition coefficient (Wildman–Crippen LogP) is 3.72. The van der Waals surface area contributed by atoms with Crippen molar-refractivity contribution in [3.63, 3.8) is 0 Å². The van der Waals surface area contributed by atoms with Gasteiger partial charge in [-0.1, -0.05) is 41.4 Å². The lowest BCUT2D eigenvalue weighted by Crippen LogP contribution is -2.35. The number of carbonyl (C=O) groups is 2. The molecule has 4 nitrogen and oxygen atoms in total. The summed E-state index contributed by atoms with van der Waals surface area (Å²) in [7, 11) is 0. The van der Waals surface area contributed by atoms with Crippen LogP contribution in [-0.4, -0.2) is 23.5 Å². The van der Waals surface area contributed by atoms with Gasteiger partial charge in [-0.2, -0.15) is 0 Å². The van der Waals surface area contributed by atoms with Crippen molar-refractivity contribution in [1.82, 2.24) is 0 Å². The SMILES string of the molecule is O=C(O)CN(C(=O)c1cc(Cl)cc(Cl)c1)c1ccccc1. The number of aliphatic carboxylic acids is 1. The zero-order chi connectivity index (χ0) is 15.4. The summed E-state index contributed by atoms with van der Waals surface area (Å²) in [4.78, 5) is 24.7. The summed E-state index contributed by atoms with van der Waals surface area (Å²) in [5, 5.41) is 9.63. The molecule has 0 radical (unpaired) electrons. The quantitative estimate of drug-likeness (QED) is 0.932. The number of carbonyl (C=O) groups excluding carboxylic acids is 1. The molecule has 0 fully saturated rings. The molecule has 0 saturated carbocycles. The van der Waals surface area contributed by atoms with Crippen LogP contribution in [0, 0.1) is 0 Å². The molecule has 0 atom stereocenters. The summed E-state index contributed by atoms with van der Waals surface area (Å²) < 4.78 is 0. The fraction of sp³-hybridized carbons (Fsp3) is 0.0667. The monoisotopic (exact) mass is 323 g/mol. The molecule has 0 bridgehead atoms. The number of carboxylic acid groups (broad SMARTS) is 1. The Hall–Kier alpha value is -2.04. The van der Waals surface area contributed by atoms with E-state index in [1.54, 1.807) is 30.3 Å². The first-order valence-corrected chi connectivity index (χ1v) is 6.78. The number of benzene rings is 2. The van der Waals surface area contributed by atoms with Crippen LogP contribution < -0.4 is 4.90 Å². The summed E-state index contributed by atoms with van der Waals surface area (Å²) in [6, 6.07) is 13.0. The Morgan fingerprint density at radius 1 is 1.00 bits per heavy atom. The van der Waals surface area contributed by atoms with Gasteiger partial charge in [0.1, 0.15) is 6.54 Å². The third-order valence-electron chi connectivity index (χ3n) is 2.72. The van der Waals surface area contributed by atoms with Crippen molar-refractivity contribution >= 4 is 40.8 Å². The Morgan fingerprint density at radius 2 is 1.57 bits per heavy atom. The van der Waals surface area contributed by atoms with Gasteiger partial charge in [0.15, 0.2) is 0 Å². The summed E-state index contributed by atoms with van der Waals surface area (Å²) in [5.41, 5.74) is 0.721. The van der Waals surface area contributed by atoms with Gasteiger partial charge in [0.05, 0.1) is 0 Å². The summed E-state index contributed by atoms with van der Waals surface area (Å²) >= 11 is 11.8. The Morgan fingerprint density at radius 3 is 2.10 bits per heavy atom. The van der Waals surface area contributed by atoms with Crippen LogP contribution in [0.2, 0.25) is 10.0 Å². The Balaban J connectivity index is 2.41. The summed E-state index contributed by atoms with van der Waals surface area (Å²) in [6.45, 7) is -0.451. The van der Waals surface area contributed by atoms with Gasteiger partial charge in [0.2, 0.25) is 0 Å². The maximum absolute atomic E-state index is 12.5. The molecule has 0 aliphatic carbocycles. The number of para-hydroxylation sites is 1. The number of nitrogens with zero attached hydrogens (tertiary/aromatic N) is 1. The molecule has 2 rings (SSSR count). The fourth-order valence-corrected chi connectivity index (χ4v) is 2.38.